The predicted molar refractivity (Wildman–Crippen MR) is 206 cm³/mol. The van der Waals surface area contributed by atoms with Crippen molar-refractivity contribution in [1.82, 2.24) is 20.0 Å². The number of carbonyl (C=O) groups is 3. The number of nitrogens with zero attached hydrogens (tertiary/aromatic N) is 5. The minimum absolute atomic E-state index is 0.0549. The van der Waals surface area contributed by atoms with Crippen LogP contribution in [0.2, 0.25) is 0 Å². The maximum atomic E-state index is 13.1. The van der Waals surface area contributed by atoms with E-state index in [4.69, 9.17) is 0 Å². The Hall–Kier alpha value is -4.41. The molecule has 5 rings (SSSR count). The van der Waals surface area contributed by atoms with Gasteiger partial charge in [0.15, 0.2) is 0 Å². The van der Waals surface area contributed by atoms with Gasteiger partial charge in [0.1, 0.15) is 0 Å². The minimum Gasteiger partial charge on any atom is -0.465 e. The van der Waals surface area contributed by atoms with Gasteiger partial charge in [0.2, 0.25) is 5.91 Å². The average molecular weight is 697 g/mol. The standard InChI is InChI=1S/C41H56N6O4/c1-42-24-9-25-44(3)40(49)34-15-17-35(18-16-34)46-28-20-32(21-29-46)14-19-39(48)43(2)30-31-45-26-22-36(23-27-45)47(41(50)51)38-13-8-7-12-37(38)33-10-5-4-6-11-33/h4-8,10-13,15-18,32,36,42H,9,14,19-31H2,1-3H3,(H,50,51). The molecule has 0 atom stereocenters. The number of carbonyl (C=O) groups excluding carboxylic acids is 2. The zero-order valence-electron chi connectivity index (χ0n) is 30.7. The Morgan fingerprint density at radius 1 is 0.804 bits per heavy atom. The molecule has 2 aliphatic rings. The van der Waals surface area contributed by atoms with Crippen LogP contribution < -0.4 is 15.1 Å². The molecule has 0 spiro atoms. The van der Waals surface area contributed by atoms with Crippen molar-refractivity contribution in [3.63, 3.8) is 0 Å². The summed E-state index contributed by atoms with van der Waals surface area (Å²) in [6, 6.07) is 25.6. The van der Waals surface area contributed by atoms with E-state index in [0.29, 0.717) is 18.9 Å². The Morgan fingerprint density at radius 2 is 1.47 bits per heavy atom. The Labute approximate surface area is 304 Å². The van der Waals surface area contributed by atoms with Crippen LogP contribution in [0.1, 0.15) is 55.3 Å². The van der Waals surface area contributed by atoms with E-state index < -0.39 is 6.09 Å². The Bertz CT molecular complexity index is 1550. The second-order valence-electron chi connectivity index (χ2n) is 14.1. The van der Waals surface area contributed by atoms with Gasteiger partial charge in [-0.15, -0.1) is 0 Å². The number of para-hydroxylation sites is 1. The molecule has 0 saturated carbocycles. The Morgan fingerprint density at radius 3 is 2.14 bits per heavy atom. The first-order chi connectivity index (χ1) is 24.7. The smallest absolute Gasteiger partial charge is 0.412 e. The first-order valence-corrected chi connectivity index (χ1v) is 18.6. The summed E-state index contributed by atoms with van der Waals surface area (Å²) in [6.45, 7) is 6.60. The fraction of sp³-hybridized carbons (Fsp3) is 0.488. The highest BCUT2D eigenvalue weighted by atomic mass is 16.4. The number of likely N-dealkylation sites (tertiary alicyclic amines) is 1. The number of carboxylic acid groups (broad SMARTS) is 1. The quantitative estimate of drug-likeness (QED) is 0.184. The first kappa shape index (κ1) is 37.8. The molecule has 2 fully saturated rings. The second kappa shape index (κ2) is 18.7. The van der Waals surface area contributed by atoms with E-state index in [2.05, 4.69) is 27.2 Å². The lowest BCUT2D eigenvalue weighted by Gasteiger charge is -2.38. The van der Waals surface area contributed by atoms with Crippen molar-refractivity contribution in [2.24, 2.45) is 5.92 Å². The van der Waals surface area contributed by atoms with Crippen molar-refractivity contribution in [2.45, 2.75) is 51.0 Å². The minimum atomic E-state index is -0.922. The summed E-state index contributed by atoms with van der Waals surface area (Å²) >= 11 is 0. The summed E-state index contributed by atoms with van der Waals surface area (Å²) in [4.78, 5) is 48.3. The predicted octanol–water partition coefficient (Wildman–Crippen LogP) is 6.14. The van der Waals surface area contributed by atoms with Gasteiger partial charge >= 0.3 is 6.09 Å². The Balaban J connectivity index is 1.01. The van der Waals surface area contributed by atoms with Crippen LogP contribution in [0, 0.1) is 5.92 Å². The molecule has 274 valence electrons. The SMILES string of the molecule is CNCCCN(C)C(=O)c1ccc(N2CCC(CCC(=O)N(C)CCN3CCC(N(C(=O)O)c4ccccc4-c4ccccc4)CC3)CC2)cc1. The summed E-state index contributed by atoms with van der Waals surface area (Å²) in [5.74, 6) is 0.784. The van der Waals surface area contributed by atoms with Crippen molar-refractivity contribution in [2.75, 3.05) is 83.3 Å². The number of anilines is 2. The van der Waals surface area contributed by atoms with Crippen molar-refractivity contribution in [1.29, 1.82) is 0 Å². The number of likely N-dealkylation sites (N-methyl/N-ethyl adjacent to an activating group) is 1. The lowest BCUT2D eigenvalue weighted by molar-refractivity contribution is -0.130. The molecule has 0 aliphatic carbocycles. The number of rotatable bonds is 15. The molecule has 2 saturated heterocycles. The maximum absolute atomic E-state index is 13.1. The van der Waals surface area contributed by atoms with Crippen LogP contribution >= 0.6 is 0 Å². The van der Waals surface area contributed by atoms with Crippen LogP contribution in [-0.2, 0) is 4.79 Å². The van der Waals surface area contributed by atoms with Crippen LogP contribution in [0.5, 0.6) is 0 Å². The molecular formula is C41H56N6O4. The molecule has 2 N–H and O–H groups in total. The van der Waals surface area contributed by atoms with Gasteiger partial charge in [-0.2, -0.15) is 0 Å². The number of piperidine rings is 2. The normalized spacial score (nSPS) is 15.8. The summed E-state index contributed by atoms with van der Waals surface area (Å²) < 4.78 is 0. The van der Waals surface area contributed by atoms with E-state index in [0.717, 1.165) is 112 Å². The molecule has 0 unspecified atom stereocenters. The number of nitrogens with one attached hydrogen (secondary N) is 1. The third-order valence-corrected chi connectivity index (χ3v) is 10.7. The van der Waals surface area contributed by atoms with Crippen LogP contribution in [0.15, 0.2) is 78.9 Å². The van der Waals surface area contributed by atoms with E-state index in [-0.39, 0.29) is 17.9 Å². The van der Waals surface area contributed by atoms with Crippen molar-refractivity contribution in [3.8, 4) is 11.1 Å². The largest absolute Gasteiger partial charge is 0.465 e. The topological polar surface area (TPSA) is 99.7 Å². The van der Waals surface area contributed by atoms with Crippen LogP contribution in [0.25, 0.3) is 11.1 Å². The monoisotopic (exact) mass is 696 g/mol. The molecule has 0 bridgehead atoms. The maximum Gasteiger partial charge on any atom is 0.412 e. The first-order valence-electron chi connectivity index (χ1n) is 18.6. The van der Waals surface area contributed by atoms with Gasteiger partial charge in [-0.1, -0.05) is 48.5 Å². The third kappa shape index (κ3) is 10.3. The Kier molecular flexibility index (Phi) is 13.9. The van der Waals surface area contributed by atoms with Crippen LogP contribution in [-0.4, -0.2) is 117 Å². The van der Waals surface area contributed by atoms with Crippen molar-refractivity contribution < 1.29 is 19.5 Å². The molecule has 2 heterocycles. The molecule has 0 radical (unpaired) electrons. The van der Waals surface area contributed by atoms with E-state index >= 15 is 0 Å². The zero-order valence-corrected chi connectivity index (χ0v) is 30.7. The van der Waals surface area contributed by atoms with Crippen molar-refractivity contribution in [3.05, 3.63) is 84.4 Å². The van der Waals surface area contributed by atoms with Crippen molar-refractivity contribution >= 4 is 29.3 Å². The highest BCUT2D eigenvalue weighted by Crippen LogP contribution is 2.34. The second-order valence-corrected chi connectivity index (χ2v) is 14.1. The molecule has 3 aromatic rings. The fourth-order valence-electron chi connectivity index (χ4n) is 7.45. The number of hydrogen-bond donors (Lipinski definition) is 2. The van der Waals surface area contributed by atoms with E-state index in [1.54, 1.807) is 9.80 Å². The van der Waals surface area contributed by atoms with Gasteiger partial charge in [0.25, 0.3) is 5.91 Å². The molecule has 2 aliphatic heterocycles. The lowest BCUT2D eigenvalue weighted by Crippen LogP contribution is -2.48. The third-order valence-electron chi connectivity index (χ3n) is 10.7. The highest BCUT2D eigenvalue weighted by Gasteiger charge is 2.31. The summed E-state index contributed by atoms with van der Waals surface area (Å²) in [6.07, 6.45) is 5.10. The van der Waals surface area contributed by atoms with E-state index in [1.807, 2.05) is 92.8 Å². The van der Waals surface area contributed by atoms with Crippen LogP contribution in [0.4, 0.5) is 16.2 Å². The van der Waals surface area contributed by atoms with Gasteiger partial charge < -0.3 is 30.0 Å². The summed E-state index contributed by atoms with van der Waals surface area (Å²) in [5.41, 5.74) is 4.53. The van der Waals surface area contributed by atoms with Gasteiger partial charge in [-0.3, -0.25) is 14.5 Å². The van der Waals surface area contributed by atoms with E-state index in [9.17, 15) is 19.5 Å². The van der Waals surface area contributed by atoms with Crippen LogP contribution in [0.3, 0.4) is 0 Å². The summed E-state index contributed by atoms with van der Waals surface area (Å²) in [7, 11) is 5.68. The molecule has 0 aromatic heterocycles. The number of hydrogen-bond acceptors (Lipinski definition) is 6. The van der Waals surface area contributed by atoms with Gasteiger partial charge in [-0.05, 0) is 93.9 Å². The molecule has 3 amide bonds. The average Bonchev–Trinajstić information content (AvgIpc) is 3.17. The lowest BCUT2D eigenvalue weighted by atomic mass is 9.91. The molecule has 10 nitrogen and oxygen atoms in total. The van der Waals surface area contributed by atoms with Gasteiger partial charge in [0, 0.05) is 89.2 Å². The molecule has 3 aromatic carbocycles. The molecule has 51 heavy (non-hydrogen) atoms. The van der Waals surface area contributed by atoms with E-state index in [1.165, 1.54) is 0 Å². The van der Waals surface area contributed by atoms with Gasteiger partial charge in [-0.25, -0.2) is 4.79 Å². The zero-order chi connectivity index (χ0) is 36.2. The molecule has 10 heteroatoms. The molecular weight excluding hydrogens is 640 g/mol. The fourth-order valence-corrected chi connectivity index (χ4v) is 7.45. The summed E-state index contributed by atoms with van der Waals surface area (Å²) in [5, 5.41) is 13.4. The number of amides is 3. The van der Waals surface area contributed by atoms with Gasteiger partial charge in [0.05, 0.1) is 5.69 Å². The highest BCUT2D eigenvalue weighted by molar-refractivity contribution is 5.94. The number of benzene rings is 3.